The molecule has 1 amide bonds. The normalized spacial score (nSPS) is 15.3. The molecule has 0 atom stereocenters. The fourth-order valence-corrected chi connectivity index (χ4v) is 3.45. The van der Waals surface area contributed by atoms with E-state index >= 15 is 0 Å². The summed E-state index contributed by atoms with van der Waals surface area (Å²) >= 11 is 0. The molecule has 1 heterocycles. The first-order valence-corrected chi connectivity index (χ1v) is 8.30. The molecule has 1 aromatic heterocycles. The van der Waals surface area contributed by atoms with E-state index in [9.17, 15) is 4.79 Å². The summed E-state index contributed by atoms with van der Waals surface area (Å²) in [6.45, 7) is 0. The van der Waals surface area contributed by atoms with Crippen molar-refractivity contribution in [3.05, 3.63) is 17.8 Å². The summed E-state index contributed by atoms with van der Waals surface area (Å²) in [5.41, 5.74) is 1.34. The molecule has 0 radical (unpaired) electrons. The van der Waals surface area contributed by atoms with Gasteiger partial charge in [-0.2, -0.15) is 0 Å². The monoisotopic (exact) mass is 332 g/mol. The summed E-state index contributed by atoms with van der Waals surface area (Å²) in [6, 6.07) is 2.07. The second kappa shape index (κ2) is 7.03. The molecule has 1 fully saturated rings. The third kappa shape index (κ3) is 2.88. The van der Waals surface area contributed by atoms with Crippen LogP contribution in [-0.2, 0) is 0 Å². The number of ether oxygens (including phenoxy) is 3. The zero-order valence-electron chi connectivity index (χ0n) is 14.4. The van der Waals surface area contributed by atoms with Crippen LogP contribution in [0.3, 0.4) is 0 Å². The predicted molar refractivity (Wildman–Crippen MR) is 92.3 cm³/mol. The van der Waals surface area contributed by atoms with Crippen LogP contribution in [0, 0.1) is 0 Å². The van der Waals surface area contributed by atoms with Crippen molar-refractivity contribution in [2.75, 3.05) is 21.3 Å². The standard InChI is InChI=1S/C18H24N2O4/c1-22-14-9-13-15(17(24-3)16(14)23-2)12(10-19-13)18(21)20-11-7-5-4-6-8-11/h9-11,19H,4-8H2,1-3H3,(H,20,21). The summed E-state index contributed by atoms with van der Waals surface area (Å²) in [4.78, 5) is 15.9. The third-order valence-corrected chi connectivity index (χ3v) is 4.66. The van der Waals surface area contributed by atoms with Crippen molar-refractivity contribution in [3.8, 4) is 17.2 Å². The molecule has 0 spiro atoms. The van der Waals surface area contributed by atoms with Gasteiger partial charge >= 0.3 is 0 Å². The Labute approximate surface area is 141 Å². The highest BCUT2D eigenvalue weighted by Gasteiger charge is 2.24. The van der Waals surface area contributed by atoms with Crippen LogP contribution in [0.25, 0.3) is 10.9 Å². The molecule has 2 aromatic rings. The van der Waals surface area contributed by atoms with Crippen LogP contribution in [0.2, 0.25) is 0 Å². The van der Waals surface area contributed by atoms with E-state index in [4.69, 9.17) is 14.2 Å². The van der Waals surface area contributed by atoms with Crippen LogP contribution in [0.5, 0.6) is 17.2 Å². The average Bonchev–Trinajstić information content (AvgIpc) is 3.04. The SMILES string of the molecule is COc1cc2[nH]cc(C(=O)NC3CCCCC3)c2c(OC)c1OC. The number of carbonyl (C=O) groups is 1. The highest BCUT2D eigenvalue weighted by atomic mass is 16.5. The number of hydrogen-bond acceptors (Lipinski definition) is 4. The highest BCUT2D eigenvalue weighted by molar-refractivity contribution is 6.10. The highest BCUT2D eigenvalue weighted by Crippen LogP contribution is 2.44. The molecule has 1 aliphatic carbocycles. The molecule has 2 N–H and O–H groups in total. The summed E-state index contributed by atoms with van der Waals surface area (Å²) in [5, 5.41) is 3.86. The Kier molecular flexibility index (Phi) is 4.83. The number of rotatable bonds is 5. The second-order valence-electron chi connectivity index (χ2n) is 6.08. The Morgan fingerprint density at radius 2 is 1.79 bits per heavy atom. The van der Waals surface area contributed by atoms with Gasteiger partial charge in [-0.15, -0.1) is 0 Å². The molecule has 0 aliphatic heterocycles. The van der Waals surface area contributed by atoms with Gasteiger partial charge in [0.2, 0.25) is 5.75 Å². The van der Waals surface area contributed by atoms with Crippen molar-refractivity contribution in [3.63, 3.8) is 0 Å². The first-order valence-electron chi connectivity index (χ1n) is 8.30. The Morgan fingerprint density at radius 1 is 1.08 bits per heavy atom. The summed E-state index contributed by atoms with van der Waals surface area (Å²) in [7, 11) is 4.69. The quantitative estimate of drug-likeness (QED) is 0.881. The minimum Gasteiger partial charge on any atom is -0.493 e. The van der Waals surface area contributed by atoms with Gasteiger partial charge in [-0.05, 0) is 12.8 Å². The van der Waals surface area contributed by atoms with E-state index < -0.39 is 0 Å². The zero-order chi connectivity index (χ0) is 17.1. The molecule has 3 rings (SSSR count). The molecule has 1 saturated carbocycles. The van der Waals surface area contributed by atoms with Gasteiger partial charge in [0.05, 0.1) is 37.8 Å². The number of benzene rings is 1. The van der Waals surface area contributed by atoms with Gasteiger partial charge in [-0.3, -0.25) is 4.79 Å². The fraction of sp³-hybridized carbons (Fsp3) is 0.500. The van der Waals surface area contributed by atoms with Crippen molar-refractivity contribution in [1.82, 2.24) is 10.3 Å². The lowest BCUT2D eigenvalue weighted by molar-refractivity contribution is 0.0929. The Bertz CT molecular complexity index is 732. The lowest BCUT2D eigenvalue weighted by Gasteiger charge is -2.22. The number of H-pyrrole nitrogens is 1. The van der Waals surface area contributed by atoms with Gasteiger partial charge in [0, 0.05) is 18.3 Å². The number of amides is 1. The Balaban J connectivity index is 2.00. The van der Waals surface area contributed by atoms with Crippen molar-refractivity contribution < 1.29 is 19.0 Å². The fourth-order valence-electron chi connectivity index (χ4n) is 3.45. The Morgan fingerprint density at radius 3 is 2.42 bits per heavy atom. The van der Waals surface area contributed by atoms with Crippen LogP contribution in [0.1, 0.15) is 42.5 Å². The van der Waals surface area contributed by atoms with E-state index in [1.165, 1.54) is 19.3 Å². The van der Waals surface area contributed by atoms with Crippen molar-refractivity contribution >= 4 is 16.8 Å². The Hall–Kier alpha value is -2.37. The third-order valence-electron chi connectivity index (χ3n) is 4.66. The topological polar surface area (TPSA) is 72.6 Å². The molecular weight excluding hydrogens is 308 g/mol. The molecule has 130 valence electrons. The number of nitrogens with one attached hydrogen (secondary N) is 2. The smallest absolute Gasteiger partial charge is 0.253 e. The van der Waals surface area contributed by atoms with Gasteiger partial charge in [-0.1, -0.05) is 19.3 Å². The molecule has 0 unspecified atom stereocenters. The van der Waals surface area contributed by atoms with Crippen molar-refractivity contribution in [2.45, 2.75) is 38.1 Å². The van der Waals surface area contributed by atoms with Crippen LogP contribution >= 0.6 is 0 Å². The lowest BCUT2D eigenvalue weighted by atomic mass is 9.95. The van der Waals surface area contributed by atoms with Crippen LogP contribution in [0.15, 0.2) is 12.3 Å². The van der Waals surface area contributed by atoms with E-state index in [0.29, 0.717) is 28.2 Å². The van der Waals surface area contributed by atoms with Gasteiger partial charge in [0.25, 0.3) is 5.91 Å². The van der Waals surface area contributed by atoms with Crippen molar-refractivity contribution in [1.29, 1.82) is 0 Å². The maximum Gasteiger partial charge on any atom is 0.253 e. The number of methoxy groups -OCH3 is 3. The van der Waals surface area contributed by atoms with E-state index in [1.807, 2.05) is 6.07 Å². The first-order chi connectivity index (χ1) is 11.7. The minimum absolute atomic E-state index is 0.0846. The van der Waals surface area contributed by atoms with Gasteiger partial charge in [0.15, 0.2) is 11.5 Å². The summed E-state index contributed by atoms with van der Waals surface area (Å²) in [5.74, 6) is 1.46. The molecule has 0 bridgehead atoms. The average molecular weight is 332 g/mol. The molecule has 6 nitrogen and oxygen atoms in total. The number of aromatic nitrogens is 1. The largest absolute Gasteiger partial charge is 0.493 e. The van der Waals surface area contributed by atoms with Crippen LogP contribution in [0.4, 0.5) is 0 Å². The number of fused-ring (bicyclic) bond motifs is 1. The molecule has 1 aliphatic rings. The zero-order valence-corrected chi connectivity index (χ0v) is 14.4. The van der Waals surface area contributed by atoms with Gasteiger partial charge in [-0.25, -0.2) is 0 Å². The molecular formula is C18H24N2O4. The maximum absolute atomic E-state index is 12.8. The number of aromatic amines is 1. The summed E-state index contributed by atoms with van der Waals surface area (Å²) < 4.78 is 16.3. The van der Waals surface area contributed by atoms with Crippen molar-refractivity contribution in [2.24, 2.45) is 0 Å². The summed E-state index contributed by atoms with van der Waals surface area (Å²) in [6.07, 6.45) is 7.40. The molecule has 0 saturated heterocycles. The van der Waals surface area contributed by atoms with Gasteiger partial charge < -0.3 is 24.5 Å². The second-order valence-corrected chi connectivity index (χ2v) is 6.08. The number of hydrogen-bond donors (Lipinski definition) is 2. The molecule has 24 heavy (non-hydrogen) atoms. The predicted octanol–water partition coefficient (Wildman–Crippen LogP) is 3.26. The maximum atomic E-state index is 12.8. The first kappa shape index (κ1) is 16.5. The molecule has 1 aromatic carbocycles. The number of carbonyl (C=O) groups excluding carboxylic acids is 1. The van der Waals surface area contributed by atoms with E-state index in [1.54, 1.807) is 27.5 Å². The lowest BCUT2D eigenvalue weighted by Crippen LogP contribution is -2.36. The van der Waals surface area contributed by atoms with Crippen LogP contribution in [-0.4, -0.2) is 38.3 Å². The van der Waals surface area contributed by atoms with Crippen LogP contribution < -0.4 is 19.5 Å². The van der Waals surface area contributed by atoms with Gasteiger partial charge in [0.1, 0.15) is 0 Å². The van der Waals surface area contributed by atoms with E-state index in [2.05, 4.69) is 10.3 Å². The van der Waals surface area contributed by atoms with E-state index in [0.717, 1.165) is 18.4 Å². The minimum atomic E-state index is -0.0846. The molecule has 6 heteroatoms. The van der Waals surface area contributed by atoms with E-state index in [-0.39, 0.29) is 11.9 Å².